The summed E-state index contributed by atoms with van der Waals surface area (Å²) in [6.07, 6.45) is 7.83. The summed E-state index contributed by atoms with van der Waals surface area (Å²) in [6, 6.07) is 2.02. The SMILES string of the molecule is O=C(Nc1cn(C2CCCCC2)nc1-c1nc(F)ccc1F)c1coc(Cl)n1. The predicted molar refractivity (Wildman–Crippen MR) is 97.0 cm³/mol. The van der Waals surface area contributed by atoms with Crippen LogP contribution in [0.1, 0.15) is 48.6 Å². The molecular formula is C18H16ClF2N5O2. The molecule has 0 saturated heterocycles. The summed E-state index contributed by atoms with van der Waals surface area (Å²) in [4.78, 5) is 19.8. The Hall–Kier alpha value is -2.81. The molecule has 1 fully saturated rings. The second kappa shape index (κ2) is 7.67. The molecule has 0 aromatic carbocycles. The molecule has 0 aliphatic heterocycles. The molecular weight excluding hydrogens is 392 g/mol. The summed E-state index contributed by atoms with van der Waals surface area (Å²) < 4.78 is 34.4. The van der Waals surface area contributed by atoms with Gasteiger partial charge in [-0.15, -0.1) is 0 Å². The molecule has 0 atom stereocenters. The van der Waals surface area contributed by atoms with Crippen LogP contribution in [-0.2, 0) is 0 Å². The zero-order valence-electron chi connectivity index (χ0n) is 14.7. The van der Waals surface area contributed by atoms with Gasteiger partial charge in [0, 0.05) is 6.20 Å². The molecule has 0 unspecified atom stereocenters. The lowest BCUT2D eigenvalue weighted by molar-refractivity contribution is 0.102. The van der Waals surface area contributed by atoms with Gasteiger partial charge in [-0.05, 0) is 36.6 Å². The average molecular weight is 408 g/mol. The van der Waals surface area contributed by atoms with Crippen LogP contribution in [0.25, 0.3) is 11.4 Å². The lowest BCUT2D eigenvalue weighted by Crippen LogP contribution is -2.14. The van der Waals surface area contributed by atoms with Crippen molar-refractivity contribution in [1.29, 1.82) is 0 Å². The Morgan fingerprint density at radius 2 is 1.96 bits per heavy atom. The van der Waals surface area contributed by atoms with Crippen molar-refractivity contribution in [3.8, 4) is 11.4 Å². The van der Waals surface area contributed by atoms with Crippen molar-refractivity contribution in [1.82, 2.24) is 19.7 Å². The van der Waals surface area contributed by atoms with Crippen LogP contribution < -0.4 is 5.32 Å². The largest absolute Gasteiger partial charge is 0.435 e. The summed E-state index contributed by atoms with van der Waals surface area (Å²) in [5, 5.41) is 6.85. The number of anilines is 1. The Bertz CT molecular complexity index is 1010. The number of nitrogens with zero attached hydrogens (tertiary/aromatic N) is 4. The van der Waals surface area contributed by atoms with E-state index in [0.29, 0.717) is 0 Å². The smallest absolute Gasteiger partial charge is 0.292 e. The van der Waals surface area contributed by atoms with Gasteiger partial charge in [0.25, 0.3) is 11.3 Å². The normalized spacial score (nSPS) is 15.0. The van der Waals surface area contributed by atoms with Crippen molar-refractivity contribution < 1.29 is 18.0 Å². The number of nitrogens with one attached hydrogen (secondary N) is 1. The molecule has 0 spiro atoms. The van der Waals surface area contributed by atoms with Crippen molar-refractivity contribution in [2.75, 3.05) is 5.32 Å². The highest BCUT2D eigenvalue weighted by molar-refractivity contribution is 6.28. The first kappa shape index (κ1) is 18.5. The number of rotatable bonds is 4. The van der Waals surface area contributed by atoms with Crippen molar-refractivity contribution >= 4 is 23.2 Å². The van der Waals surface area contributed by atoms with Crippen LogP contribution >= 0.6 is 11.6 Å². The molecule has 0 bridgehead atoms. The molecule has 1 saturated carbocycles. The number of oxazole rings is 1. The molecule has 1 amide bonds. The van der Waals surface area contributed by atoms with E-state index in [-0.39, 0.29) is 34.2 Å². The van der Waals surface area contributed by atoms with Crippen molar-refractivity contribution in [3.05, 3.63) is 47.4 Å². The Balaban J connectivity index is 1.73. The number of hydrogen-bond donors (Lipinski definition) is 1. The van der Waals surface area contributed by atoms with E-state index < -0.39 is 17.7 Å². The van der Waals surface area contributed by atoms with Gasteiger partial charge in [-0.3, -0.25) is 9.48 Å². The fraction of sp³-hybridized carbons (Fsp3) is 0.333. The lowest BCUT2D eigenvalue weighted by Gasteiger charge is -2.21. The maximum Gasteiger partial charge on any atom is 0.292 e. The van der Waals surface area contributed by atoms with E-state index in [2.05, 4.69) is 20.4 Å². The molecule has 3 aromatic heterocycles. The quantitative estimate of drug-likeness (QED) is 0.637. The van der Waals surface area contributed by atoms with Crippen LogP contribution in [0.2, 0.25) is 5.35 Å². The zero-order valence-corrected chi connectivity index (χ0v) is 15.4. The number of aromatic nitrogens is 4. The monoisotopic (exact) mass is 407 g/mol. The second-order valence-corrected chi connectivity index (χ2v) is 6.89. The van der Waals surface area contributed by atoms with Gasteiger partial charge in [0.05, 0.1) is 11.7 Å². The van der Waals surface area contributed by atoms with Gasteiger partial charge in [0.2, 0.25) is 5.95 Å². The number of hydrogen-bond acceptors (Lipinski definition) is 5. The first-order chi connectivity index (χ1) is 13.5. The molecule has 28 heavy (non-hydrogen) atoms. The van der Waals surface area contributed by atoms with Gasteiger partial charge < -0.3 is 9.73 Å². The molecule has 0 radical (unpaired) electrons. The molecule has 4 rings (SSSR count). The molecule has 1 N–H and O–H groups in total. The lowest BCUT2D eigenvalue weighted by atomic mass is 9.96. The Morgan fingerprint density at radius 3 is 2.68 bits per heavy atom. The number of halogens is 3. The summed E-state index contributed by atoms with van der Waals surface area (Å²) in [6.45, 7) is 0. The molecule has 1 aliphatic rings. The van der Waals surface area contributed by atoms with E-state index in [0.717, 1.165) is 50.5 Å². The predicted octanol–water partition coefficient (Wildman–Crippen LogP) is 4.62. The van der Waals surface area contributed by atoms with E-state index in [4.69, 9.17) is 16.0 Å². The van der Waals surface area contributed by atoms with Crippen LogP contribution in [0.4, 0.5) is 14.5 Å². The molecule has 146 valence electrons. The highest BCUT2D eigenvalue weighted by Gasteiger charge is 2.24. The van der Waals surface area contributed by atoms with Gasteiger partial charge in [0.1, 0.15) is 17.7 Å². The standard InChI is InChI=1S/C18H16ClF2N5O2/c19-18-23-13(9-28-18)17(27)22-12-8-26(10-4-2-1-3-5-10)25-16(12)15-11(20)6-7-14(21)24-15/h6-10H,1-5H2,(H,22,27). The van der Waals surface area contributed by atoms with Crippen LogP contribution in [0.3, 0.4) is 0 Å². The van der Waals surface area contributed by atoms with Gasteiger partial charge in [-0.2, -0.15) is 14.5 Å². The fourth-order valence-electron chi connectivity index (χ4n) is 3.32. The van der Waals surface area contributed by atoms with Crippen LogP contribution in [0.5, 0.6) is 0 Å². The maximum atomic E-state index is 14.3. The zero-order chi connectivity index (χ0) is 19.7. The topological polar surface area (TPSA) is 85.8 Å². The summed E-state index contributed by atoms with van der Waals surface area (Å²) in [5.41, 5.74) is -0.0747. The average Bonchev–Trinajstić information content (AvgIpc) is 3.31. The summed E-state index contributed by atoms with van der Waals surface area (Å²) in [7, 11) is 0. The van der Waals surface area contributed by atoms with Crippen molar-refractivity contribution in [3.63, 3.8) is 0 Å². The number of amides is 1. The van der Waals surface area contributed by atoms with E-state index in [1.807, 2.05) is 0 Å². The van der Waals surface area contributed by atoms with Gasteiger partial charge in [-0.25, -0.2) is 9.37 Å². The minimum Gasteiger partial charge on any atom is -0.435 e. The van der Waals surface area contributed by atoms with E-state index >= 15 is 0 Å². The number of carbonyl (C=O) groups excluding carboxylic acids is 1. The van der Waals surface area contributed by atoms with E-state index in [1.54, 1.807) is 10.9 Å². The molecule has 3 heterocycles. The van der Waals surface area contributed by atoms with Gasteiger partial charge >= 0.3 is 0 Å². The summed E-state index contributed by atoms with van der Waals surface area (Å²) >= 11 is 5.60. The van der Waals surface area contributed by atoms with Crippen molar-refractivity contribution in [2.24, 2.45) is 0 Å². The van der Waals surface area contributed by atoms with Crippen LogP contribution in [0.15, 0.2) is 29.0 Å². The highest BCUT2D eigenvalue weighted by Crippen LogP contribution is 2.33. The third-order valence-electron chi connectivity index (χ3n) is 4.67. The Labute approximate surface area is 163 Å². The van der Waals surface area contributed by atoms with Gasteiger partial charge in [0.15, 0.2) is 11.5 Å². The summed E-state index contributed by atoms with van der Waals surface area (Å²) in [5.74, 6) is -2.20. The van der Waals surface area contributed by atoms with Crippen LogP contribution in [-0.4, -0.2) is 25.7 Å². The molecule has 10 heteroatoms. The van der Waals surface area contributed by atoms with Gasteiger partial charge in [-0.1, -0.05) is 19.3 Å². The maximum absolute atomic E-state index is 14.3. The first-order valence-electron chi connectivity index (χ1n) is 8.85. The first-order valence-corrected chi connectivity index (χ1v) is 9.23. The highest BCUT2D eigenvalue weighted by atomic mass is 35.5. The number of carbonyl (C=O) groups is 1. The van der Waals surface area contributed by atoms with E-state index in [9.17, 15) is 13.6 Å². The fourth-order valence-corrected chi connectivity index (χ4v) is 3.45. The number of pyridine rings is 1. The van der Waals surface area contributed by atoms with Crippen LogP contribution in [0, 0.1) is 11.8 Å². The Kier molecular flexibility index (Phi) is 5.08. The second-order valence-electron chi connectivity index (χ2n) is 6.57. The molecule has 7 nitrogen and oxygen atoms in total. The molecule has 3 aromatic rings. The third kappa shape index (κ3) is 3.75. The third-order valence-corrected chi connectivity index (χ3v) is 4.85. The van der Waals surface area contributed by atoms with Crippen molar-refractivity contribution in [2.45, 2.75) is 38.1 Å². The minimum absolute atomic E-state index is 0.0468. The minimum atomic E-state index is -0.843. The van der Waals surface area contributed by atoms with E-state index in [1.165, 1.54) is 0 Å². The Morgan fingerprint density at radius 1 is 1.18 bits per heavy atom. The molecule has 1 aliphatic carbocycles.